The normalized spacial score (nSPS) is 17.0. The summed E-state index contributed by atoms with van der Waals surface area (Å²) in [6.45, 7) is 19.2. The molecule has 0 aromatic carbocycles. The van der Waals surface area contributed by atoms with E-state index in [2.05, 4.69) is 81.7 Å². The molecule has 0 unspecified atom stereocenters. The minimum absolute atomic E-state index is 0.103. The summed E-state index contributed by atoms with van der Waals surface area (Å²) in [6, 6.07) is 0. The van der Waals surface area contributed by atoms with Crippen molar-refractivity contribution in [3.05, 3.63) is 72.3 Å². The zero-order chi connectivity index (χ0) is 32.8. The van der Waals surface area contributed by atoms with Crippen LogP contribution in [0.1, 0.15) is 122 Å². The lowest BCUT2D eigenvalue weighted by Crippen LogP contribution is -2.18. The fraction of sp³-hybridized carbons (Fsp3) is 0.474. The molecule has 4 rings (SSSR count). The van der Waals surface area contributed by atoms with E-state index in [4.69, 9.17) is 9.73 Å². The number of aromatic nitrogens is 2. The van der Waals surface area contributed by atoms with Gasteiger partial charge in [-0.05, 0) is 115 Å². The largest absolute Gasteiger partial charge is 0.461 e. The Kier molecular flexibility index (Phi) is 11.2. The molecule has 0 spiro atoms. The summed E-state index contributed by atoms with van der Waals surface area (Å²) >= 11 is 0. The van der Waals surface area contributed by atoms with Crippen LogP contribution in [0.3, 0.4) is 0 Å². The van der Waals surface area contributed by atoms with E-state index >= 15 is 0 Å². The standard InChI is InChI=1S/C38H50N4O3/c1-10-22-24(12-3)32(20-34-26(14-5)28(16-7)36(41-34)38(44)45-18-9)39-30(22)19-31-23(11-2)25(13-4)33(40-31)21-35-27(15-6)29(17-8)37(43)42-35/h19-21,39-40H,10-18H2,1-9H3/b31-19-,33-21-,34-20+. The summed E-state index contributed by atoms with van der Waals surface area (Å²) in [6.07, 6.45) is 12.9. The second-order valence-electron chi connectivity index (χ2n) is 11.4. The van der Waals surface area contributed by atoms with E-state index in [1.807, 2.05) is 13.8 Å². The van der Waals surface area contributed by atoms with Gasteiger partial charge in [-0.2, -0.15) is 0 Å². The van der Waals surface area contributed by atoms with Gasteiger partial charge in [0.25, 0.3) is 5.91 Å². The first-order valence-electron chi connectivity index (χ1n) is 17.0. The molecule has 2 aliphatic rings. The van der Waals surface area contributed by atoms with E-state index in [0.29, 0.717) is 18.7 Å². The van der Waals surface area contributed by atoms with Gasteiger partial charge in [0.1, 0.15) is 0 Å². The molecule has 0 saturated heterocycles. The second kappa shape index (κ2) is 14.9. The van der Waals surface area contributed by atoms with E-state index in [1.54, 1.807) is 0 Å². The number of ether oxygens (including phenoxy) is 1. The summed E-state index contributed by atoms with van der Waals surface area (Å²) in [5.41, 5.74) is 13.2. The molecule has 2 aromatic heterocycles. The van der Waals surface area contributed by atoms with Crippen molar-refractivity contribution < 1.29 is 14.3 Å². The molecule has 0 radical (unpaired) electrons. The molecule has 0 fully saturated rings. The number of allylic oxidation sites excluding steroid dienone is 2. The first-order chi connectivity index (χ1) is 21.7. The number of nitrogens with one attached hydrogen (secondary N) is 2. The van der Waals surface area contributed by atoms with Gasteiger partial charge in [-0.1, -0.05) is 55.4 Å². The van der Waals surface area contributed by atoms with Crippen LogP contribution in [0.4, 0.5) is 0 Å². The predicted octanol–water partition coefficient (Wildman–Crippen LogP) is 6.77. The van der Waals surface area contributed by atoms with Crippen molar-refractivity contribution in [3.8, 4) is 0 Å². The Labute approximate surface area is 268 Å². The van der Waals surface area contributed by atoms with Crippen LogP contribution in [0.2, 0.25) is 0 Å². The van der Waals surface area contributed by atoms with Crippen molar-refractivity contribution in [1.29, 1.82) is 0 Å². The monoisotopic (exact) mass is 610 g/mol. The van der Waals surface area contributed by atoms with Gasteiger partial charge in [0.2, 0.25) is 0 Å². The number of carbonyl (C=O) groups is 2. The Morgan fingerprint density at radius 3 is 1.64 bits per heavy atom. The summed E-state index contributed by atoms with van der Waals surface area (Å²) < 4.78 is 5.34. The number of hydrogen-bond acceptors (Lipinski definition) is 4. The Morgan fingerprint density at radius 2 is 1.13 bits per heavy atom. The van der Waals surface area contributed by atoms with Crippen molar-refractivity contribution in [2.24, 2.45) is 9.98 Å². The maximum absolute atomic E-state index is 12.8. The van der Waals surface area contributed by atoms with Gasteiger partial charge < -0.3 is 14.7 Å². The van der Waals surface area contributed by atoms with Crippen LogP contribution in [0.25, 0.3) is 18.2 Å². The van der Waals surface area contributed by atoms with Gasteiger partial charge in [0.05, 0.1) is 18.0 Å². The lowest BCUT2D eigenvalue weighted by molar-refractivity contribution is -0.135. The van der Waals surface area contributed by atoms with E-state index < -0.39 is 0 Å². The fourth-order valence-electron chi connectivity index (χ4n) is 6.99. The highest BCUT2D eigenvalue weighted by Gasteiger charge is 2.28. The Bertz CT molecular complexity index is 1770. The molecule has 7 nitrogen and oxygen atoms in total. The van der Waals surface area contributed by atoms with Crippen molar-refractivity contribution >= 4 is 41.5 Å². The summed E-state index contributed by atoms with van der Waals surface area (Å²) in [4.78, 5) is 42.0. The van der Waals surface area contributed by atoms with Crippen LogP contribution >= 0.6 is 0 Å². The van der Waals surface area contributed by atoms with Gasteiger partial charge in [0, 0.05) is 27.7 Å². The zero-order valence-corrected chi connectivity index (χ0v) is 28.7. The van der Waals surface area contributed by atoms with Crippen molar-refractivity contribution in [3.63, 3.8) is 0 Å². The third kappa shape index (κ3) is 6.40. The quantitative estimate of drug-likeness (QED) is 0.245. The number of amides is 1. The van der Waals surface area contributed by atoms with Crippen LogP contribution in [-0.2, 0) is 40.0 Å². The number of carbonyl (C=O) groups excluding carboxylic acids is 2. The minimum Gasteiger partial charge on any atom is -0.461 e. The Hall–Kier alpha value is -4.00. The molecule has 2 aromatic rings. The van der Waals surface area contributed by atoms with Crippen LogP contribution in [0, 0.1) is 0 Å². The zero-order valence-electron chi connectivity index (χ0n) is 28.7. The van der Waals surface area contributed by atoms with Gasteiger partial charge in [-0.3, -0.25) is 4.79 Å². The SMILES string of the molecule is CCOC(=O)C1=N/C(=C/c2[nH]c(/C=c3\[nH]/c(=C\C4=NC(=O)C(CC)=C4CC)c(CC)c3CC)c(CC)c2CC)C(CC)=C1CC. The molecule has 1 amide bonds. The summed E-state index contributed by atoms with van der Waals surface area (Å²) in [5, 5.41) is 2.10. The first kappa shape index (κ1) is 33.9. The molecular formula is C38H50N4O3. The molecule has 4 heterocycles. The molecular weight excluding hydrogens is 560 g/mol. The van der Waals surface area contributed by atoms with Crippen LogP contribution in [0.5, 0.6) is 0 Å². The molecule has 2 aliphatic heterocycles. The number of aliphatic imine (C=N–C) groups is 2. The molecule has 45 heavy (non-hydrogen) atoms. The molecule has 0 aliphatic carbocycles. The number of hydrogen-bond donors (Lipinski definition) is 2. The van der Waals surface area contributed by atoms with Crippen LogP contribution < -0.4 is 10.7 Å². The van der Waals surface area contributed by atoms with E-state index in [9.17, 15) is 9.59 Å². The third-order valence-corrected chi connectivity index (χ3v) is 9.06. The average Bonchev–Trinajstić information content (AvgIpc) is 3.76. The smallest absolute Gasteiger partial charge is 0.357 e. The number of aromatic amines is 2. The fourth-order valence-corrected chi connectivity index (χ4v) is 6.99. The maximum Gasteiger partial charge on any atom is 0.357 e. The minimum atomic E-state index is -0.354. The topological polar surface area (TPSA) is 99.7 Å². The molecule has 240 valence electrons. The molecule has 2 N–H and O–H groups in total. The van der Waals surface area contributed by atoms with Crippen LogP contribution in [0.15, 0.2) is 38.0 Å². The second-order valence-corrected chi connectivity index (χ2v) is 11.4. The van der Waals surface area contributed by atoms with E-state index in [0.717, 1.165) is 101 Å². The van der Waals surface area contributed by atoms with Crippen molar-refractivity contribution in [1.82, 2.24) is 9.97 Å². The lowest BCUT2D eigenvalue weighted by Gasteiger charge is -2.06. The van der Waals surface area contributed by atoms with E-state index in [-0.39, 0.29) is 11.9 Å². The molecule has 0 saturated carbocycles. The highest BCUT2D eigenvalue weighted by atomic mass is 16.5. The third-order valence-electron chi connectivity index (χ3n) is 9.06. The Morgan fingerprint density at radius 1 is 0.600 bits per heavy atom. The van der Waals surface area contributed by atoms with Crippen LogP contribution in [-0.4, -0.2) is 39.9 Å². The summed E-state index contributed by atoms with van der Waals surface area (Å²) in [7, 11) is 0. The number of H-pyrrole nitrogens is 2. The first-order valence-corrected chi connectivity index (χ1v) is 17.0. The van der Waals surface area contributed by atoms with Gasteiger partial charge >= 0.3 is 5.97 Å². The van der Waals surface area contributed by atoms with Gasteiger partial charge in [-0.15, -0.1) is 0 Å². The lowest BCUT2D eigenvalue weighted by atomic mass is 9.98. The van der Waals surface area contributed by atoms with Crippen molar-refractivity contribution in [2.45, 2.75) is 114 Å². The number of rotatable bonds is 13. The summed E-state index contributed by atoms with van der Waals surface area (Å²) in [5.74, 6) is -0.457. The highest BCUT2D eigenvalue weighted by molar-refractivity contribution is 6.44. The molecule has 0 bridgehead atoms. The molecule has 7 heteroatoms. The van der Waals surface area contributed by atoms with Gasteiger partial charge in [0.15, 0.2) is 5.71 Å². The average molecular weight is 611 g/mol. The number of esters is 1. The maximum atomic E-state index is 12.8. The number of nitrogens with zero attached hydrogens (tertiary/aromatic N) is 2. The molecule has 0 atom stereocenters. The Balaban J connectivity index is 1.90. The predicted molar refractivity (Wildman–Crippen MR) is 186 cm³/mol. The van der Waals surface area contributed by atoms with Gasteiger partial charge in [-0.25, -0.2) is 14.8 Å². The van der Waals surface area contributed by atoms with Crippen molar-refractivity contribution in [2.75, 3.05) is 6.61 Å². The highest BCUT2D eigenvalue weighted by Crippen LogP contribution is 2.33. The van der Waals surface area contributed by atoms with E-state index in [1.165, 1.54) is 22.3 Å².